The van der Waals surface area contributed by atoms with Gasteiger partial charge in [0.1, 0.15) is 5.82 Å². The lowest BCUT2D eigenvalue weighted by Crippen LogP contribution is -1.91. The molecule has 2 aromatic rings. The van der Waals surface area contributed by atoms with E-state index in [1.165, 1.54) is 6.07 Å². The number of benzene rings is 2. The zero-order valence-corrected chi connectivity index (χ0v) is 11.5. The van der Waals surface area contributed by atoms with Crippen molar-refractivity contribution in [1.82, 2.24) is 0 Å². The summed E-state index contributed by atoms with van der Waals surface area (Å²) in [6.07, 6.45) is 0. The van der Waals surface area contributed by atoms with E-state index in [4.69, 9.17) is 17.3 Å². The Morgan fingerprint density at radius 2 is 2.06 bits per heavy atom. The van der Waals surface area contributed by atoms with Gasteiger partial charge in [0, 0.05) is 16.3 Å². The Balaban J connectivity index is 2.11. The minimum atomic E-state index is -0.376. The highest BCUT2D eigenvalue weighted by molar-refractivity contribution is 7.98. The predicted molar refractivity (Wildman–Crippen MR) is 76.6 cm³/mol. The minimum Gasteiger partial charge on any atom is -0.398 e. The van der Waals surface area contributed by atoms with Crippen LogP contribution in [0.15, 0.2) is 41.3 Å². The molecule has 0 heterocycles. The molecule has 2 rings (SSSR count). The summed E-state index contributed by atoms with van der Waals surface area (Å²) >= 11 is 7.28. The van der Waals surface area contributed by atoms with Crippen LogP contribution in [0.25, 0.3) is 0 Å². The van der Waals surface area contributed by atoms with Crippen LogP contribution in [0.3, 0.4) is 0 Å². The van der Waals surface area contributed by atoms with Crippen molar-refractivity contribution >= 4 is 29.1 Å². The summed E-state index contributed by atoms with van der Waals surface area (Å²) in [6, 6.07) is 10.7. The van der Waals surface area contributed by atoms with E-state index in [1.54, 1.807) is 17.8 Å². The molecule has 0 radical (unpaired) electrons. The van der Waals surface area contributed by atoms with E-state index < -0.39 is 0 Å². The highest BCUT2D eigenvalue weighted by Crippen LogP contribution is 2.29. The van der Waals surface area contributed by atoms with Gasteiger partial charge in [0.15, 0.2) is 0 Å². The van der Waals surface area contributed by atoms with Crippen LogP contribution < -0.4 is 5.73 Å². The first-order valence-corrected chi connectivity index (χ1v) is 6.86. The fourth-order valence-electron chi connectivity index (χ4n) is 1.58. The van der Waals surface area contributed by atoms with E-state index in [9.17, 15) is 4.39 Å². The number of nitrogen functional groups attached to an aromatic ring is 1. The van der Waals surface area contributed by atoms with Crippen LogP contribution >= 0.6 is 23.4 Å². The molecule has 94 valence electrons. The van der Waals surface area contributed by atoms with Gasteiger partial charge in [-0.05, 0) is 42.3 Å². The quantitative estimate of drug-likeness (QED) is 0.654. The maximum absolute atomic E-state index is 13.3. The third-order valence-corrected chi connectivity index (χ3v) is 4.24. The summed E-state index contributed by atoms with van der Waals surface area (Å²) in [6.45, 7) is 1.99. The SMILES string of the molecule is Cc1c(N)cccc1SCc1ccc(Cl)c(F)c1. The van der Waals surface area contributed by atoms with E-state index in [0.29, 0.717) is 5.75 Å². The molecule has 0 bridgehead atoms. The molecule has 0 aliphatic heterocycles. The van der Waals surface area contributed by atoms with Crippen LogP contribution in [0, 0.1) is 12.7 Å². The van der Waals surface area contributed by atoms with Gasteiger partial charge >= 0.3 is 0 Å². The van der Waals surface area contributed by atoms with E-state index in [-0.39, 0.29) is 10.8 Å². The minimum absolute atomic E-state index is 0.156. The van der Waals surface area contributed by atoms with E-state index >= 15 is 0 Å². The number of hydrogen-bond donors (Lipinski definition) is 1. The van der Waals surface area contributed by atoms with Gasteiger partial charge in [-0.25, -0.2) is 4.39 Å². The van der Waals surface area contributed by atoms with Gasteiger partial charge in [-0.1, -0.05) is 23.7 Å². The molecular formula is C14H13ClFNS. The summed E-state index contributed by atoms with van der Waals surface area (Å²) in [7, 11) is 0. The van der Waals surface area contributed by atoms with Crippen molar-refractivity contribution in [2.24, 2.45) is 0 Å². The Bertz CT molecular complexity index is 572. The van der Waals surface area contributed by atoms with Gasteiger partial charge in [-0.15, -0.1) is 11.8 Å². The summed E-state index contributed by atoms with van der Waals surface area (Å²) in [4.78, 5) is 1.12. The van der Waals surface area contributed by atoms with Crippen LogP contribution in [0.2, 0.25) is 5.02 Å². The van der Waals surface area contributed by atoms with Crippen LogP contribution in [-0.4, -0.2) is 0 Å². The molecule has 0 aliphatic rings. The third kappa shape index (κ3) is 2.98. The number of hydrogen-bond acceptors (Lipinski definition) is 2. The van der Waals surface area contributed by atoms with Crippen molar-refractivity contribution in [2.45, 2.75) is 17.6 Å². The molecule has 0 spiro atoms. The number of rotatable bonds is 3. The number of nitrogens with two attached hydrogens (primary N) is 1. The fourth-order valence-corrected chi connectivity index (χ4v) is 2.71. The lowest BCUT2D eigenvalue weighted by molar-refractivity contribution is 0.627. The second-order valence-corrected chi connectivity index (χ2v) is 5.43. The van der Waals surface area contributed by atoms with Gasteiger partial charge in [-0.3, -0.25) is 0 Å². The fraction of sp³-hybridized carbons (Fsp3) is 0.143. The van der Waals surface area contributed by atoms with E-state index in [2.05, 4.69) is 0 Å². The van der Waals surface area contributed by atoms with Gasteiger partial charge in [0.25, 0.3) is 0 Å². The van der Waals surface area contributed by atoms with Crippen molar-refractivity contribution in [1.29, 1.82) is 0 Å². The summed E-state index contributed by atoms with van der Waals surface area (Å²) in [5, 5.41) is 0.156. The zero-order valence-electron chi connectivity index (χ0n) is 9.91. The van der Waals surface area contributed by atoms with Crippen LogP contribution in [-0.2, 0) is 5.75 Å². The molecule has 0 saturated heterocycles. The Kier molecular flexibility index (Phi) is 4.15. The first kappa shape index (κ1) is 13.2. The monoisotopic (exact) mass is 281 g/mol. The largest absolute Gasteiger partial charge is 0.398 e. The molecule has 18 heavy (non-hydrogen) atoms. The second kappa shape index (κ2) is 5.63. The molecule has 0 amide bonds. The Labute approximate surface area is 115 Å². The molecule has 0 aromatic heterocycles. The Morgan fingerprint density at radius 3 is 2.78 bits per heavy atom. The van der Waals surface area contributed by atoms with Gasteiger partial charge < -0.3 is 5.73 Å². The number of anilines is 1. The summed E-state index contributed by atoms with van der Waals surface area (Å²) in [5.74, 6) is 0.317. The standard InChI is InChI=1S/C14H13ClFNS/c1-9-13(17)3-2-4-14(9)18-8-10-5-6-11(15)12(16)7-10/h2-7H,8,17H2,1H3. The summed E-state index contributed by atoms with van der Waals surface area (Å²) in [5.41, 5.74) is 8.60. The van der Waals surface area contributed by atoms with Crippen LogP contribution in [0.5, 0.6) is 0 Å². The Hall–Kier alpha value is -1.19. The molecule has 2 N–H and O–H groups in total. The maximum atomic E-state index is 13.3. The molecule has 2 aromatic carbocycles. The average molecular weight is 282 g/mol. The van der Waals surface area contributed by atoms with E-state index in [1.807, 2.05) is 31.2 Å². The molecule has 0 saturated carbocycles. The molecular weight excluding hydrogens is 269 g/mol. The van der Waals surface area contributed by atoms with Crippen LogP contribution in [0.1, 0.15) is 11.1 Å². The molecule has 0 atom stereocenters. The topological polar surface area (TPSA) is 26.0 Å². The normalized spacial score (nSPS) is 10.6. The predicted octanol–water partition coefficient (Wildman–Crippen LogP) is 4.66. The molecule has 0 unspecified atom stereocenters. The third-order valence-electron chi connectivity index (χ3n) is 2.70. The second-order valence-electron chi connectivity index (χ2n) is 4.01. The maximum Gasteiger partial charge on any atom is 0.142 e. The highest BCUT2D eigenvalue weighted by atomic mass is 35.5. The van der Waals surface area contributed by atoms with Crippen LogP contribution in [0.4, 0.5) is 10.1 Å². The van der Waals surface area contributed by atoms with Gasteiger partial charge in [0.2, 0.25) is 0 Å². The first-order valence-electron chi connectivity index (χ1n) is 5.50. The molecule has 0 aliphatic carbocycles. The van der Waals surface area contributed by atoms with Gasteiger partial charge in [-0.2, -0.15) is 0 Å². The summed E-state index contributed by atoms with van der Waals surface area (Å²) < 4.78 is 13.3. The lowest BCUT2D eigenvalue weighted by atomic mass is 10.2. The first-order chi connectivity index (χ1) is 8.58. The van der Waals surface area contributed by atoms with E-state index in [0.717, 1.165) is 21.7 Å². The van der Waals surface area contributed by atoms with Gasteiger partial charge in [0.05, 0.1) is 5.02 Å². The van der Waals surface area contributed by atoms with Crippen molar-refractivity contribution in [3.8, 4) is 0 Å². The van der Waals surface area contributed by atoms with Crippen molar-refractivity contribution in [3.63, 3.8) is 0 Å². The molecule has 4 heteroatoms. The van der Waals surface area contributed by atoms with Crippen molar-refractivity contribution < 1.29 is 4.39 Å². The molecule has 1 nitrogen and oxygen atoms in total. The lowest BCUT2D eigenvalue weighted by Gasteiger charge is -2.08. The van der Waals surface area contributed by atoms with Crippen molar-refractivity contribution in [3.05, 3.63) is 58.4 Å². The van der Waals surface area contributed by atoms with Crippen molar-refractivity contribution in [2.75, 3.05) is 5.73 Å². The number of thioether (sulfide) groups is 1. The highest BCUT2D eigenvalue weighted by Gasteiger charge is 2.04. The molecule has 0 fully saturated rings. The zero-order chi connectivity index (χ0) is 13.1. The number of halogens is 2. The Morgan fingerprint density at radius 1 is 1.28 bits per heavy atom. The average Bonchev–Trinajstić information content (AvgIpc) is 2.35. The smallest absolute Gasteiger partial charge is 0.142 e.